The van der Waals surface area contributed by atoms with Crippen LogP contribution >= 0.6 is 0 Å². The number of pyridine rings is 1. The van der Waals surface area contributed by atoms with Crippen molar-refractivity contribution in [3.05, 3.63) is 47.5 Å². The first-order chi connectivity index (χ1) is 9.93. The highest BCUT2D eigenvalue weighted by Gasteiger charge is 2.31. The molecule has 2 rings (SSSR count). The molecule has 4 nitrogen and oxygen atoms in total. The summed E-state index contributed by atoms with van der Waals surface area (Å²) in [6.45, 7) is 2.76. The van der Waals surface area contributed by atoms with E-state index in [4.69, 9.17) is 0 Å². The molecule has 7 heteroatoms. The third kappa shape index (κ3) is 3.60. The van der Waals surface area contributed by atoms with Gasteiger partial charge in [0, 0.05) is 19.4 Å². The van der Waals surface area contributed by atoms with E-state index in [2.05, 4.69) is 15.4 Å². The lowest BCUT2D eigenvalue weighted by molar-refractivity contribution is -0.137. The second kappa shape index (κ2) is 6.26. The molecule has 2 heterocycles. The van der Waals surface area contributed by atoms with E-state index in [0.717, 1.165) is 30.9 Å². The smallest absolute Gasteiger partial charge is 0.304 e. The van der Waals surface area contributed by atoms with Gasteiger partial charge in [0.05, 0.1) is 23.0 Å². The summed E-state index contributed by atoms with van der Waals surface area (Å²) >= 11 is 0. The first-order valence-corrected chi connectivity index (χ1v) is 6.68. The molecule has 0 saturated heterocycles. The molecule has 0 aromatic carbocycles. The van der Waals surface area contributed by atoms with E-state index < -0.39 is 11.7 Å². The fourth-order valence-corrected chi connectivity index (χ4v) is 2.06. The molecule has 0 aliphatic heterocycles. The van der Waals surface area contributed by atoms with E-state index in [9.17, 15) is 13.2 Å². The SMILES string of the molecule is CCCNC(c1ccc(C(F)(F)F)cn1)c1ccnn1C. The largest absolute Gasteiger partial charge is 0.417 e. The summed E-state index contributed by atoms with van der Waals surface area (Å²) in [7, 11) is 1.79. The molecule has 0 amide bonds. The number of aryl methyl sites for hydroxylation is 1. The predicted molar refractivity (Wildman–Crippen MR) is 72.6 cm³/mol. The molecule has 2 aromatic rings. The Bertz CT molecular complexity index is 575. The van der Waals surface area contributed by atoms with Crippen molar-refractivity contribution in [3.8, 4) is 0 Å². The van der Waals surface area contributed by atoms with Crippen molar-refractivity contribution in [2.75, 3.05) is 6.54 Å². The minimum atomic E-state index is -4.37. The summed E-state index contributed by atoms with van der Waals surface area (Å²) in [5.74, 6) is 0. The average Bonchev–Trinajstić information content (AvgIpc) is 2.85. The van der Waals surface area contributed by atoms with Crippen LogP contribution in [0.25, 0.3) is 0 Å². The zero-order chi connectivity index (χ0) is 15.5. The van der Waals surface area contributed by atoms with Crippen LogP contribution in [0.15, 0.2) is 30.6 Å². The second-order valence-corrected chi connectivity index (χ2v) is 4.74. The van der Waals surface area contributed by atoms with Crippen LogP contribution in [0, 0.1) is 0 Å². The zero-order valence-corrected chi connectivity index (χ0v) is 11.9. The summed E-state index contributed by atoms with van der Waals surface area (Å²) in [4.78, 5) is 3.97. The van der Waals surface area contributed by atoms with Gasteiger partial charge in [0.1, 0.15) is 0 Å². The Labute approximate surface area is 121 Å². The van der Waals surface area contributed by atoms with Gasteiger partial charge >= 0.3 is 6.18 Å². The van der Waals surface area contributed by atoms with Crippen molar-refractivity contribution in [2.45, 2.75) is 25.6 Å². The minimum Gasteiger partial charge on any atom is -0.304 e. The maximum Gasteiger partial charge on any atom is 0.417 e. The summed E-state index contributed by atoms with van der Waals surface area (Å²) in [6.07, 6.45) is -0.939. The van der Waals surface area contributed by atoms with E-state index >= 15 is 0 Å². The lowest BCUT2D eigenvalue weighted by Crippen LogP contribution is -2.26. The molecular weight excluding hydrogens is 281 g/mol. The van der Waals surface area contributed by atoms with E-state index in [1.165, 1.54) is 6.07 Å². The number of nitrogens with zero attached hydrogens (tertiary/aromatic N) is 3. The number of rotatable bonds is 5. The van der Waals surface area contributed by atoms with Gasteiger partial charge in [-0.1, -0.05) is 6.92 Å². The van der Waals surface area contributed by atoms with Crippen molar-refractivity contribution < 1.29 is 13.2 Å². The molecule has 21 heavy (non-hydrogen) atoms. The van der Waals surface area contributed by atoms with Gasteiger partial charge in [-0.3, -0.25) is 9.67 Å². The van der Waals surface area contributed by atoms with E-state index in [-0.39, 0.29) is 6.04 Å². The molecule has 0 spiro atoms. The quantitative estimate of drug-likeness (QED) is 0.923. The number of hydrogen-bond acceptors (Lipinski definition) is 3. The number of aromatic nitrogens is 3. The van der Waals surface area contributed by atoms with Crippen LogP contribution in [-0.4, -0.2) is 21.3 Å². The van der Waals surface area contributed by atoms with Gasteiger partial charge in [-0.25, -0.2) is 0 Å². The Kier molecular flexibility index (Phi) is 4.62. The molecule has 0 radical (unpaired) electrons. The molecule has 1 unspecified atom stereocenters. The fourth-order valence-electron chi connectivity index (χ4n) is 2.06. The highest BCUT2D eigenvalue weighted by molar-refractivity contribution is 5.25. The Morgan fingerprint density at radius 1 is 1.29 bits per heavy atom. The maximum atomic E-state index is 12.6. The molecular formula is C14H17F3N4. The van der Waals surface area contributed by atoms with Crippen LogP contribution in [0.5, 0.6) is 0 Å². The lowest BCUT2D eigenvalue weighted by Gasteiger charge is -2.19. The third-order valence-electron chi connectivity index (χ3n) is 3.16. The first-order valence-electron chi connectivity index (χ1n) is 6.68. The van der Waals surface area contributed by atoms with Crippen molar-refractivity contribution in [3.63, 3.8) is 0 Å². The van der Waals surface area contributed by atoms with Crippen LogP contribution in [-0.2, 0) is 13.2 Å². The molecule has 0 bridgehead atoms. The molecule has 0 fully saturated rings. The zero-order valence-electron chi connectivity index (χ0n) is 11.9. The first kappa shape index (κ1) is 15.5. The van der Waals surface area contributed by atoms with Gasteiger partial charge in [0.25, 0.3) is 0 Å². The highest BCUT2D eigenvalue weighted by atomic mass is 19.4. The van der Waals surface area contributed by atoms with Gasteiger partial charge in [-0.2, -0.15) is 18.3 Å². The van der Waals surface area contributed by atoms with E-state index in [1.54, 1.807) is 17.9 Å². The van der Waals surface area contributed by atoms with Crippen molar-refractivity contribution in [1.82, 2.24) is 20.1 Å². The third-order valence-corrected chi connectivity index (χ3v) is 3.16. The van der Waals surface area contributed by atoms with Crippen molar-refractivity contribution in [2.24, 2.45) is 7.05 Å². The minimum absolute atomic E-state index is 0.278. The second-order valence-electron chi connectivity index (χ2n) is 4.74. The summed E-state index contributed by atoms with van der Waals surface area (Å²) in [6, 6.07) is 4.01. The number of halogens is 3. The number of nitrogens with one attached hydrogen (secondary N) is 1. The normalized spacial score (nSPS) is 13.4. The predicted octanol–water partition coefficient (Wildman–Crippen LogP) is 2.92. The van der Waals surface area contributed by atoms with Gasteiger partial charge in [-0.05, 0) is 31.2 Å². The molecule has 114 valence electrons. The van der Waals surface area contributed by atoms with Crippen LogP contribution in [0.3, 0.4) is 0 Å². The Morgan fingerprint density at radius 2 is 2.05 bits per heavy atom. The van der Waals surface area contributed by atoms with Gasteiger partial charge in [0.2, 0.25) is 0 Å². The van der Waals surface area contributed by atoms with Crippen LogP contribution < -0.4 is 5.32 Å². The molecule has 0 aliphatic rings. The summed E-state index contributed by atoms with van der Waals surface area (Å²) in [5.41, 5.74) is 0.654. The van der Waals surface area contributed by atoms with Gasteiger partial charge < -0.3 is 5.32 Å². The molecule has 1 N–H and O–H groups in total. The number of alkyl halides is 3. The van der Waals surface area contributed by atoms with Crippen molar-refractivity contribution >= 4 is 0 Å². The fraction of sp³-hybridized carbons (Fsp3) is 0.429. The van der Waals surface area contributed by atoms with Crippen LogP contribution in [0.4, 0.5) is 13.2 Å². The summed E-state index contributed by atoms with van der Waals surface area (Å²) < 4.78 is 39.5. The number of hydrogen-bond donors (Lipinski definition) is 1. The maximum absolute atomic E-state index is 12.6. The summed E-state index contributed by atoms with van der Waals surface area (Å²) in [5, 5.41) is 7.38. The molecule has 0 aliphatic carbocycles. The van der Waals surface area contributed by atoms with E-state index in [0.29, 0.717) is 5.69 Å². The average molecular weight is 298 g/mol. The van der Waals surface area contributed by atoms with Crippen molar-refractivity contribution in [1.29, 1.82) is 0 Å². The molecule has 0 saturated carbocycles. The highest BCUT2D eigenvalue weighted by Crippen LogP contribution is 2.29. The lowest BCUT2D eigenvalue weighted by atomic mass is 10.1. The van der Waals surface area contributed by atoms with Gasteiger partial charge in [0.15, 0.2) is 0 Å². The monoisotopic (exact) mass is 298 g/mol. The Morgan fingerprint density at radius 3 is 2.52 bits per heavy atom. The Balaban J connectivity index is 2.31. The topological polar surface area (TPSA) is 42.7 Å². The van der Waals surface area contributed by atoms with Crippen LogP contribution in [0.1, 0.15) is 36.3 Å². The van der Waals surface area contributed by atoms with Gasteiger partial charge in [-0.15, -0.1) is 0 Å². The standard InChI is InChI=1S/C14H17F3N4/c1-3-7-18-13(12-6-8-20-21(12)2)11-5-4-10(9-19-11)14(15,16)17/h4-6,8-9,13,18H,3,7H2,1-2H3. The Hall–Kier alpha value is -1.89. The molecule has 2 aromatic heterocycles. The molecule has 1 atom stereocenters. The van der Waals surface area contributed by atoms with Crippen LogP contribution in [0.2, 0.25) is 0 Å². The van der Waals surface area contributed by atoms with E-state index in [1.807, 2.05) is 13.0 Å².